The van der Waals surface area contributed by atoms with Gasteiger partial charge in [0.05, 0.1) is 0 Å². The predicted octanol–water partition coefficient (Wildman–Crippen LogP) is 3.43. The van der Waals surface area contributed by atoms with Gasteiger partial charge >= 0.3 is 0 Å². The summed E-state index contributed by atoms with van der Waals surface area (Å²) < 4.78 is 0. The van der Waals surface area contributed by atoms with Crippen LogP contribution in [0.1, 0.15) is 31.2 Å². The standard InChI is InChI=1S/C15H23NS/c1-13-6-5-9-16(10-13)11-15(12-17)14-7-3-2-4-8-14/h2-4,7-8,13,15,17H,5-6,9-12H2,1H3. The van der Waals surface area contributed by atoms with Gasteiger partial charge in [-0.1, -0.05) is 37.3 Å². The lowest BCUT2D eigenvalue weighted by Gasteiger charge is -2.33. The van der Waals surface area contributed by atoms with E-state index in [1.807, 2.05) is 0 Å². The first-order valence-corrected chi connectivity index (χ1v) is 7.31. The topological polar surface area (TPSA) is 3.24 Å². The van der Waals surface area contributed by atoms with Gasteiger partial charge < -0.3 is 4.90 Å². The van der Waals surface area contributed by atoms with Gasteiger partial charge in [-0.25, -0.2) is 0 Å². The molecule has 2 unspecified atom stereocenters. The van der Waals surface area contributed by atoms with Crippen LogP contribution in [0.15, 0.2) is 30.3 Å². The lowest BCUT2D eigenvalue weighted by Crippen LogP contribution is -2.37. The van der Waals surface area contributed by atoms with Gasteiger partial charge in [0.15, 0.2) is 0 Å². The third kappa shape index (κ3) is 3.75. The van der Waals surface area contributed by atoms with Crippen molar-refractivity contribution in [3.05, 3.63) is 35.9 Å². The molecule has 0 saturated carbocycles. The third-order valence-corrected chi connectivity index (χ3v) is 4.15. The zero-order valence-corrected chi connectivity index (χ0v) is 11.6. The Morgan fingerprint density at radius 2 is 2.12 bits per heavy atom. The van der Waals surface area contributed by atoms with Crippen LogP contribution in [0, 0.1) is 5.92 Å². The molecule has 1 heterocycles. The monoisotopic (exact) mass is 249 g/mol. The maximum absolute atomic E-state index is 4.52. The Labute approximate surface area is 111 Å². The van der Waals surface area contributed by atoms with Gasteiger partial charge in [-0.15, -0.1) is 0 Å². The van der Waals surface area contributed by atoms with Crippen LogP contribution < -0.4 is 0 Å². The fraction of sp³-hybridized carbons (Fsp3) is 0.600. The summed E-state index contributed by atoms with van der Waals surface area (Å²) in [6.45, 7) is 6.06. The maximum Gasteiger partial charge on any atom is 0.00582 e. The van der Waals surface area contributed by atoms with Gasteiger partial charge in [0, 0.05) is 19.0 Å². The first kappa shape index (κ1) is 13.0. The predicted molar refractivity (Wildman–Crippen MR) is 77.9 cm³/mol. The van der Waals surface area contributed by atoms with E-state index in [1.54, 1.807) is 0 Å². The highest BCUT2D eigenvalue weighted by Gasteiger charge is 2.20. The summed E-state index contributed by atoms with van der Waals surface area (Å²) in [4.78, 5) is 2.61. The minimum Gasteiger partial charge on any atom is -0.302 e. The quantitative estimate of drug-likeness (QED) is 0.800. The van der Waals surface area contributed by atoms with Gasteiger partial charge in [0.2, 0.25) is 0 Å². The second-order valence-electron chi connectivity index (χ2n) is 5.30. The molecule has 1 aromatic rings. The molecule has 94 valence electrons. The Balaban J connectivity index is 1.95. The summed E-state index contributed by atoms with van der Waals surface area (Å²) in [6.07, 6.45) is 2.75. The van der Waals surface area contributed by atoms with E-state index in [1.165, 1.54) is 31.5 Å². The van der Waals surface area contributed by atoms with E-state index < -0.39 is 0 Å². The van der Waals surface area contributed by atoms with Crippen molar-refractivity contribution >= 4 is 12.6 Å². The Hall–Kier alpha value is -0.470. The largest absolute Gasteiger partial charge is 0.302 e. The molecular formula is C15H23NS. The molecule has 1 aliphatic rings. The summed E-state index contributed by atoms with van der Waals surface area (Å²) in [5.74, 6) is 2.37. The van der Waals surface area contributed by atoms with Crippen molar-refractivity contribution in [2.45, 2.75) is 25.7 Å². The molecule has 1 aromatic carbocycles. The Kier molecular flexibility index (Phi) is 4.93. The van der Waals surface area contributed by atoms with Crippen LogP contribution in [0.2, 0.25) is 0 Å². The smallest absolute Gasteiger partial charge is 0.00582 e. The molecule has 2 rings (SSSR count). The highest BCUT2D eigenvalue weighted by atomic mass is 32.1. The van der Waals surface area contributed by atoms with E-state index in [9.17, 15) is 0 Å². The fourth-order valence-corrected chi connectivity index (χ4v) is 3.08. The molecule has 0 bridgehead atoms. The van der Waals surface area contributed by atoms with Crippen molar-refractivity contribution in [3.8, 4) is 0 Å². The van der Waals surface area contributed by atoms with Gasteiger partial charge in [-0.2, -0.15) is 12.6 Å². The van der Waals surface area contributed by atoms with Crippen LogP contribution >= 0.6 is 12.6 Å². The van der Waals surface area contributed by atoms with Crippen molar-refractivity contribution < 1.29 is 0 Å². The number of benzene rings is 1. The summed E-state index contributed by atoms with van der Waals surface area (Å²) in [6, 6.07) is 10.8. The zero-order valence-electron chi connectivity index (χ0n) is 10.7. The van der Waals surface area contributed by atoms with E-state index in [-0.39, 0.29) is 0 Å². The molecule has 0 aromatic heterocycles. The number of hydrogen-bond donors (Lipinski definition) is 1. The minimum atomic E-state index is 0.574. The van der Waals surface area contributed by atoms with Crippen molar-refractivity contribution in [1.29, 1.82) is 0 Å². The SMILES string of the molecule is CC1CCCN(CC(CS)c2ccccc2)C1. The van der Waals surface area contributed by atoms with Gasteiger partial charge in [-0.3, -0.25) is 0 Å². The number of nitrogens with zero attached hydrogens (tertiary/aromatic N) is 1. The van der Waals surface area contributed by atoms with Gasteiger partial charge in [0.1, 0.15) is 0 Å². The molecule has 1 aliphatic heterocycles. The summed E-state index contributed by atoms with van der Waals surface area (Å²) in [5.41, 5.74) is 1.43. The molecular weight excluding hydrogens is 226 g/mol. The average Bonchev–Trinajstić information content (AvgIpc) is 2.37. The Morgan fingerprint density at radius 3 is 2.76 bits per heavy atom. The number of likely N-dealkylation sites (tertiary alicyclic amines) is 1. The van der Waals surface area contributed by atoms with Crippen molar-refractivity contribution in [3.63, 3.8) is 0 Å². The number of hydrogen-bond acceptors (Lipinski definition) is 2. The molecule has 1 nitrogen and oxygen atoms in total. The van der Waals surface area contributed by atoms with Crippen LogP contribution in [0.3, 0.4) is 0 Å². The maximum atomic E-state index is 4.52. The van der Waals surface area contributed by atoms with Crippen LogP contribution in [0.5, 0.6) is 0 Å². The van der Waals surface area contributed by atoms with Gasteiger partial charge in [-0.05, 0) is 36.6 Å². The highest BCUT2D eigenvalue weighted by Crippen LogP contribution is 2.22. The normalized spacial score (nSPS) is 23.5. The van der Waals surface area contributed by atoms with E-state index in [2.05, 4.69) is 54.8 Å². The second-order valence-corrected chi connectivity index (χ2v) is 5.66. The Morgan fingerprint density at radius 1 is 1.35 bits per heavy atom. The molecule has 0 spiro atoms. The molecule has 1 fully saturated rings. The van der Waals surface area contributed by atoms with Crippen LogP contribution in [-0.4, -0.2) is 30.3 Å². The molecule has 0 radical (unpaired) electrons. The number of rotatable bonds is 4. The van der Waals surface area contributed by atoms with E-state index >= 15 is 0 Å². The minimum absolute atomic E-state index is 0.574. The summed E-state index contributed by atoms with van der Waals surface area (Å²) >= 11 is 4.52. The molecule has 0 amide bonds. The molecule has 1 saturated heterocycles. The summed E-state index contributed by atoms with van der Waals surface area (Å²) in [5, 5.41) is 0. The van der Waals surface area contributed by atoms with Crippen LogP contribution in [0.25, 0.3) is 0 Å². The lowest BCUT2D eigenvalue weighted by atomic mass is 9.96. The first-order valence-electron chi connectivity index (χ1n) is 6.67. The molecule has 2 heteroatoms. The number of piperidine rings is 1. The van der Waals surface area contributed by atoms with Crippen LogP contribution in [0.4, 0.5) is 0 Å². The van der Waals surface area contributed by atoms with Gasteiger partial charge in [0.25, 0.3) is 0 Å². The Bertz CT molecular complexity index is 325. The van der Waals surface area contributed by atoms with Crippen molar-refractivity contribution in [2.75, 3.05) is 25.4 Å². The third-order valence-electron chi connectivity index (χ3n) is 3.71. The van der Waals surface area contributed by atoms with Crippen molar-refractivity contribution in [2.24, 2.45) is 5.92 Å². The average molecular weight is 249 g/mol. The summed E-state index contributed by atoms with van der Waals surface area (Å²) in [7, 11) is 0. The molecule has 0 aliphatic carbocycles. The first-order chi connectivity index (χ1) is 8.29. The zero-order chi connectivity index (χ0) is 12.1. The second kappa shape index (κ2) is 6.46. The van der Waals surface area contributed by atoms with Crippen LogP contribution in [-0.2, 0) is 0 Å². The van der Waals surface area contributed by atoms with Crippen molar-refractivity contribution in [1.82, 2.24) is 4.90 Å². The highest BCUT2D eigenvalue weighted by molar-refractivity contribution is 7.80. The molecule has 2 atom stereocenters. The fourth-order valence-electron chi connectivity index (χ4n) is 2.76. The molecule has 0 N–H and O–H groups in total. The molecule has 17 heavy (non-hydrogen) atoms. The van der Waals surface area contributed by atoms with E-state index in [4.69, 9.17) is 0 Å². The number of thiol groups is 1. The van der Waals surface area contributed by atoms with E-state index in [0.717, 1.165) is 18.2 Å². The lowest BCUT2D eigenvalue weighted by molar-refractivity contribution is 0.177. The van der Waals surface area contributed by atoms with E-state index in [0.29, 0.717) is 5.92 Å².